The molecule has 1 atom stereocenters. The molecule has 0 aromatic heterocycles. The molecule has 200 valence electrons. The van der Waals surface area contributed by atoms with E-state index in [0.717, 1.165) is 37.0 Å². The van der Waals surface area contributed by atoms with E-state index >= 15 is 0 Å². The van der Waals surface area contributed by atoms with Gasteiger partial charge in [0, 0.05) is 24.9 Å². The first-order valence-corrected chi connectivity index (χ1v) is 15.0. The summed E-state index contributed by atoms with van der Waals surface area (Å²) in [5.74, 6) is 0.369. The van der Waals surface area contributed by atoms with Gasteiger partial charge in [0.1, 0.15) is 5.69 Å². The number of nitrogens with zero attached hydrogens (tertiary/aromatic N) is 2. The fraction of sp³-hybridized carbons (Fsp3) is 0.774. The van der Waals surface area contributed by atoms with Gasteiger partial charge in [0.15, 0.2) is 6.67 Å². The van der Waals surface area contributed by atoms with Crippen LogP contribution in [0.4, 0.5) is 5.69 Å². The van der Waals surface area contributed by atoms with E-state index in [1.165, 1.54) is 127 Å². The predicted octanol–water partition coefficient (Wildman–Crippen LogP) is 5.40. The summed E-state index contributed by atoms with van der Waals surface area (Å²) in [6.45, 7) is 6.51. The van der Waals surface area contributed by atoms with Crippen molar-refractivity contribution in [3.8, 4) is 0 Å². The molecule has 1 aromatic carbocycles. The lowest BCUT2D eigenvalue weighted by Gasteiger charge is -2.37. The summed E-state index contributed by atoms with van der Waals surface area (Å²) < 4.78 is 1.01. The third-order valence-electron chi connectivity index (χ3n) is 8.36. The highest BCUT2D eigenvalue weighted by atomic mass is 35.5. The van der Waals surface area contributed by atoms with Gasteiger partial charge in [-0.25, -0.2) is 0 Å². The van der Waals surface area contributed by atoms with Crippen molar-refractivity contribution in [1.29, 1.82) is 0 Å². The average molecular weight is 505 g/mol. The Morgan fingerprint density at radius 1 is 0.743 bits per heavy atom. The molecule has 4 heteroatoms. The van der Waals surface area contributed by atoms with Crippen molar-refractivity contribution in [2.75, 3.05) is 26.3 Å². The highest BCUT2D eigenvalue weighted by Gasteiger charge is 2.40. The second kappa shape index (κ2) is 17.4. The summed E-state index contributed by atoms with van der Waals surface area (Å²) in [4.78, 5) is 14.5. The summed E-state index contributed by atoms with van der Waals surface area (Å²) in [6.07, 6.45) is 25.6. The molecular weight excluding hydrogens is 452 g/mol. The predicted molar refractivity (Wildman–Crippen MR) is 147 cm³/mol. The summed E-state index contributed by atoms with van der Waals surface area (Å²) in [6, 6.07) is 9.00. The van der Waals surface area contributed by atoms with Crippen molar-refractivity contribution in [2.45, 2.75) is 129 Å². The first-order chi connectivity index (χ1) is 16.7. The summed E-state index contributed by atoms with van der Waals surface area (Å²) in [5.41, 5.74) is 2.99. The standard InChI is InChI=1S/C31H53N2O.ClH/c1-2-3-4-5-6-7-8-9-10-11-12-13-14-15-16-19-26-33(28-32-25-20-23-31(32)34)27-24-29-21-17-18-22-30(29)33;/h17-18,21-22H,2-16,19-20,23-28H2,1H3;1H/q+1;/p-1. The lowest BCUT2D eigenvalue weighted by molar-refractivity contribution is -0.129. The van der Waals surface area contributed by atoms with Crippen molar-refractivity contribution in [3.05, 3.63) is 29.8 Å². The minimum Gasteiger partial charge on any atom is -1.00 e. The second-order valence-corrected chi connectivity index (χ2v) is 11.2. The Hall–Kier alpha value is -1.06. The molecule has 1 saturated heterocycles. The maximum absolute atomic E-state index is 12.4. The van der Waals surface area contributed by atoms with Crippen LogP contribution < -0.4 is 16.9 Å². The van der Waals surface area contributed by atoms with Gasteiger partial charge in [-0.2, -0.15) is 0 Å². The molecule has 1 fully saturated rings. The zero-order valence-corrected chi connectivity index (χ0v) is 23.5. The minimum absolute atomic E-state index is 0. The molecule has 2 heterocycles. The van der Waals surface area contributed by atoms with E-state index in [1.54, 1.807) is 0 Å². The summed E-state index contributed by atoms with van der Waals surface area (Å²) in [5, 5.41) is 0. The Balaban J connectivity index is 0.00000432. The van der Waals surface area contributed by atoms with Crippen LogP contribution >= 0.6 is 0 Å². The van der Waals surface area contributed by atoms with Crippen LogP contribution in [0.1, 0.15) is 128 Å². The molecular formula is C31H53ClN2O. The smallest absolute Gasteiger partial charge is 0.226 e. The van der Waals surface area contributed by atoms with E-state index in [4.69, 9.17) is 0 Å². The number of carbonyl (C=O) groups is 1. The Labute approximate surface area is 223 Å². The fourth-order valence-corrected chi connectivity index (χ4v) is 6.23. The fourth-order valence-electron chi connectivity index (χ4n) is 6.23. The van der Waals surface area contributed by atoms with Gasteiger partial charge >= 0.3 is 0 Å². The van der Waals surface area contributed by atoms with Crippen LogP contribution in [0.3, 0.4) is 0 Å². The molecule has 0 spiro atoms. The van der Waals surface area contributed by atoms with Crippen LogP contribution in [0.5, 0.6) is 0 Å². The van der Waals surface area contributed by atoms with Gasteiger partial charge in [-0.05, 0) is 25.3 Å². The topological polar surface area (TPSA) is 20.3 Å². The minimum atomic E-state index is 0. The zero-order valence-electron chi connectivity index (χ0n) is 22.8. The first kappa shape index (κ1) is 30.2. The Kier molecular flexibility index (Phi) is 15.0. The molecule has 1 unspecified atom stereocenters. The number of unbranched alkanes of at least 4 members (excludes halogenated alkanes) is 15. The normalized spacial score (nSPS) is 19.2. The van der Waals surface area contributed by atoms with E-state index in [-0.39, 0.29) is 12.4 Å². The Bertz CT molecular complexity index is 709. The van der Waals surface area contributed by atoms with Gasteiger partial charge < -0.3 is 12.4 Å². The molecule has 0 N–H and O–H groups in total. The number of quaternary nitrogens is 1. The second-order valence-electron chi connectivity index (χ2n) is 11.2. The molecule has 3 nitrogen and oxygen atoms in total. The number of hydrogen-bond acceptors (Lipinski definition) is 1. The summed E-state index contributed by atoms with van der Waals surface area (Å²) >= 11 is 0. The number of para-hydroxylation sites is 1. The maximum atomic E-state index is 12.4. The van der Waals surface area contributed by atoms with Gasteiger partial charge in [-0.1, -0.05) is 115 Å². The highest BCUT2D eigenvalue weighted by Crippen LogP contribution is 2.36. The molecule has 0 bridgehead atoms. The van der Waals surface area contributed by atoms with Gasteiger partial charge in [0.05, 0.1) is 13.1 Å². The number of carbonyl (C=O) groups excluding carboxylic acids is 1. The third-order valence-corrected chi connectivity index (χ3v) is 8.36. The van der Waals surface area contributed by atoms with Crippen molar-refractivity contribution in [3.63, 3.8) is 0 Å². The van der Waals surface area contributed by atoms with Gasteiger partial charge in [-0.15, -0.1) is 0 Å². The monoisotopic (exact) mass is 504 g/mol. The van der Waals surface area contributed by atoms with Gasteiger partial charge in [-0.3, -0.25) is 14.2 Å². The van der Waals surface area contributed by atoms with Crippen molar-refractivity contribution in [1.82, 2.24) is 9.38 Å². The van der Waals surface area contributed by atoms with Gasteiger partial charge in [0.25, 0.3) is 0 Å². The number of rotatable bonds is 19. The van der Waals surface area contributed by atoms with Gasteiger partial charge in [0.2, 0.25) is 5.91 Å². The molecule has 35 heavy (non-hydrogen) atoms. The molecule has 1 amide bonds. The number of halogens is 1. The van der Waals surface area contributed by atoms with Crippen LogP contribution in [0.25, 0.3) is 0 Å². The van der Waals surface area contributed by atoms with Crippen molar-refractivity contribution in [2.24, 2.45) is 0 Å². The van der Waals surface area contributed by atoms with E-state index in [1.807, 2.05) is 0 Å². The zero-order chi connectivity index (χ0) is 23.9. The molecule has 0 saturated carbocycles. The van der Waals surface area contributed by atoms with E-state index in [2.05, 4.69) is 36.1 Å². The maximum Gasteiger partial charge on any atom is 0.226 e. The molecule has 3 rings (SSSR count). The highest BCUT2D eigenvalue weighted by molar-refractivity contribution is 5.78. The number of amides is 1. The Morgan fingerprint density at radius 3 is 1.83 bits per heavy atom. The van der Waals surface area contributed by atoms with Crippen LogP contribution in [0.2, 0.25) is 0 Å². The SMILES string of the molecule is CCCCCCCCCCCCCCCCCC[N+]1(CN2CCCC2=O)CCc2ccccc21.[Cl-]. The molecule has 2 aliphatic rings. The van der Waals surface area contributed by atoms with E-state index in [0.29, 0.717) is 5.91 Å². The molecule has 0 aliphatic carbocycles. The first-order valence-electron chi connectivity index (χ1n) is 15.0. The molecule has 1 aromatic rings. The number of hydrogen-bond donors (Lipinski definition) is 0. The summed E-state index contributed by atoms with van der Waals surface area (Å²) in [7, 11) is 0. The molecule has 0 radical (unpaired) electrons. The lowest BCUT2D eigenvalue weighted by atomic mass is 10.0. The average Bonchev–Trinajstić information content (AvgIpc) is 3.42. The third kappa shape index (κ3) is 10.1. The van der Waals surface area contributed by atoms with Crippen LogP contribution in [-0.4, -0.2) is 37.1 Å². The number of likely N-dealkylation sites (tertiary alicyclic amines) is 1. The van der Waals surface area contributed by atoms with E-state index in [9.17, 15) is 4.79 Å². The van der Waals surface area contributed by atoms with E-state index < -0.39 is 0 Å². The quantitative estimate of drug-likeness (QED) is 0.182. The van der Waals surface area contributed by atoms with Crippen LogP contribution in [0.15, 0.2) is 24.3 Å². The van der Waals surface area contributed by atoms with Crippen molar-refractivity contribution >= 4 is 11.6 Å². The largest absolute Gasteiger partial charge is 1.00 e. The lowest BCUT2D eigenvalue weighted by Crippen LogP contribution is -3.00. The van der Waals surface area contributed by atoms with Crippen molar-refractivity contribution < 1.29 is 17.2 Å². The number of benzene rings is 1. The Morgan fingerprint density at radius 2 is 1.29 bits per heavy atom. The van der Waals surface area contributed by atoms with Crippen LogP contribution in [0, 0.1) is 0 Å². The van der Waals surface area contributed by atoms with Crippen LogP contribution in [-0.2, 0) is 11.2 Å². The number of fused-ring (bicyclic) bond motifs is 1. The molecule has 2 aliphatic heterocycles.